The van der Waals surface area contributed by atoms with Gasteiger partial charge in [0, 0.05) is 30.1 Å². The third kappa shape index (κ3) is 3.71. The minimum absolute atomic E-state index is 0.117. The van der Waals surface area contributed by atoms with Crippen LogP contribution in [-0.4, -0.2) is 29.3 Å². The van der Waals surface area contributed by atoms with Crippen LogP contribution in [0.25, 0.3) is 11.1 Å². The highest BCUT2D eigenvalue weighted by Crippen LogP contribution is 2.35. The van der Waals surface area contributed by atoms with Crippen molar-refractivity contribution in [1.29, 1.82) is 0 Å². The van der Waals surface area contributed by atoms with Crippen LogP contribution in [0.5, 0.6) is 5.75 Å². The van der Waals surface area contributed by atoms with Gasteiger partial charge in [0.2, 0.25) is 0 Å². The number of ether oxygens (including phenoxy) is 1. The molecule has 136 valence electrons. The van der Waals surface area contributed by atoms with E-state index in [0.29, 0.717) is 18.5 Å². The van der Waals surface area contributed by atoms with Gasteiger partial charge in [-0.05, 0) is 49.9 Å². The lowest BCUT2D eigenvalue weighted by Crippen LogP contribution is -2.13. The second-order valence-electron chi connectivity index (χ2n) is 6.31. The number of primary amides is 1. The maximum atomic E-state index is 12.2. The van der Waals surface area contributed by atoms with Crippen LogP contribution in [0, 0.1) is 13.8 Å². The predicted molar refractivity (Wildman–Crippen MR) is 100 cm³/mol. The third-order valence-electron chi connectivity index (χ3n) is 4.59. The smallest absolute Gasteiger partial charge is 0.251 e. The van der Waals surface area contributed by atoms with Gasteiger partial charge in [-0.25, -0.2) is 0 Å². The molecule has 2 aromatic rings. The van der Waals surface area contributed by atoms with Crippen molar-refractivity contribution in [2.75, 3.05) is 13.7 Å². The second kappa shape index (κ2) is 8.21. The van der Waals surface area contributed by atoms with Crippen molar-refractivity contribution in [3.8, 4) is 16.9 Å². The monoisotopic (exact) mass is 344 g/mol. The molecule has 0 radical (unpaired) electrons. The number of carbonyl (C=O) groups excluding carboxylic acids is 1. The summed E-state index contributed by atoms with van der Waals surface area (Å²) in [5, 5.41) is 9.22. The van der Waals surface area contributed by atoms with Gasteiger partial charge in [-0.15, -0.1) is 0 Å². The molecular formula is C20H28N2O3. The molecule has 2 rings (SSSR count). The van der Waals surface area contributed by atoms with Crippen LogP contribution in [0.3, 0.4) is 0 Å². The minimum atomic E-state index is -0.416. The van der Waals surface area contributed by atoms with Gasteiger partial charge in [-0.2, -0.15) is 0 Å². The van der Waals surface area contributed by atoms with Gasteiger partial charge in [0.25, 0.3) is 5.91 Å². The Kier molecular flexibility index (Phi) is 6.26. The number of amides is 1. The Hall–Kier alpha value is -2.27. The van der Waals surface area contributed by atoms with E-state index in [-0.39, 0.29) is 6.61 Å². The van der Waals surface area contributed by atoms with Crippen molar-refractivity contribution >= 4 is 5.91 Å². The number of nitrogens with zero attached hydrogens (tertiary/aromatic N) is 1. The molecule has 0 bridgehead atoms. The largest absolute Gasteiger partial charge is 0.496 e. The summed E-state index contributed by atoms with van der Waals surface area (Å²) in [4.78, 5) is 12.2. The topological polar surface area (TPSA) is 77.5 Å². The van der Waals surface area contributed by atoms with E-state index in [9.17, 15) is 9.90 Å². The SMILES string of the molecule is CCCc1c(-c2ccc(OC)c(C)c2)c(C(N)=O)c(C)n1CCCO. The lowest BCUT2D eigenvalue weighted by atomic mass is 9.96. The summed E-state index contributed by atoms with van der Waals surface area (Å²) in [6.45, 7) is 6.82. The zero-order valence-corrected chi connectivity index (χ0v) is 15.6. The van der Waals surface area contributed by atoms with E-state index in [4.69, 9.17) is 10.5 Å². The van der Waals surface area contributed by atoms with Gasteiger partial charge in [0.1, 0.15) is 5.75 Å². The molecule has 1 heterocycles. The number of nitrogens with two attached hydrogens (primary N) is 1. The maximum absolute atomic E-state index is 12.2. The predicted octanol–water partition coefficient (Wildman–Crippen LogP) is 3.21. The van der Waals surface area contributed by atoms with Gasteiger partial charge in [-0.1, -0.05) is 19.4 Å². The molecule has 25 heavy (non-hydrogen) atoms. The highest BCUT2D eigenvalue weighted by molar-refractivity contribution is 6.02. The van der Waals surface area contributed by atoms with Gasteiger partial charge in [-0.3, -0.25) is 4.79 Å². The van der Waals surface area contributed by atoms with Crippen LogP contribution in [-0.2, 0) is 13.0 Å². The Morgan fingerprint density at radius 3 is 2.56 bits per heavy atom. The number of rotatable bonds is 8. The van der Waals surface area contributed by atoms with E-state index in [1.54, 1.807) is 7.11 Å². The number of aryl methyl sites for hydroxylation is 1. The van der Waals surface area contributed by atoms with Crippen LogP contribution in [0.1, 0.15) is 47.1 Å². The molecule has 5 heteroatoms. The number of carbonyl (C=O) groups is 1. The summed E-state index contributed by atoms with van der Waals surface area (Å²) in [5.74, 6) is 0.402. The van der Waals surface area contributed by atoms with Crippen molar-refractivity contribution in [3.05, 3.63) is 40.7 Å². The Balaban J connectivity index is 2.73. The van der Waals surface area contributed by atoms with Crippen LogP contribution in [0.15, 0.2) is 18.2 Å². The van der Waals surface area contributed by atoms with E-state index in [0.717, 1.165) is 46.7 Å². The lowest BCUT2D eigenvalue weighted by molar-refractivity contribution is 0.1000. The molecule has 1 amide bonds. The summed E-state index contributed by atoms with van der Waals surface area (Å²) in [7, 11) is 1.65. The summed E-state index contributed by atoms with van der Waals surface area (Å²) in [6, 6.07) is 5.93. The van der Waals surface area contributed by atoms with Crippen LogP contribution >= 0.6 is 0 Å². The fourth-order valence-corrected chi connectivity index (χ4v) is 3.47. The quantitative estimate of drug-likeness (QED) is 0.772. The number of hydrogen-bond acceptors (Lipinski definition) is 3. The first kappa shape index (κ1) is 19.1. The number of aliphatic hydroxyl groups is 1. The zero-order chi connectivity index (χ0) is 18.6. The molecule has 0 unspecified atom stereocenters. The number of hydrogen-bond donors (Lipinski definition) is 2. The van der Waals surface area contributed by atoms with E-state index < -0.39 is 5.91 Å². The molecule has 0 atom stereocenters. The van der Waals surface area contributed by atoms with Gasteiger partial charge in [0.15, 0.2) is 0 Å². The molecular weight excluding hydrogens is 316 g/mol. The molecule has 5 nitrogen and oxygen atoms in total. The lowest BCUT2D eigenvalue weighted by Gasteiger charge is -2.13. The molecule has 0 spiro atoms. The summed E-state index contributed by atoms with van der Waals surface area (Å²) in [6.07, 6.45) is 2.45. The normalized spacial score (nSPS) is 10.9. The van der Waals surface area contributed by atoms with E-state index >= 15 is 0 Å². The van der Waals surface area contributed by atoms with Crippen molar-refractivity contribution < 1.29 is 14.6 Å². The summed E-state index contributed by atoms with van der Waals surface area (Å²) >= 11 is 0. The van der Waals surface area contributed by atoms with E-state index in [2.05, 4.69) is 11.5 Å². The van der Waals surface area contributed by atoms with Gasteiger partial charge in [0.05, 0.1) is 12.7 Å². The number of benzene rings is 1. The van der Waals surface area contributed by atoms with Crippen LogP contribution < -0.4 is 10.5 Å². The number of aromatic nitrogens is 1. The Bertz CT molecular complexity index is 763. The number of methoxy groups -OCH3 is 1. The summed E-state index contributed by atoms with van der Waals surface area (Å²) < 4.78 is 7.48. The average molecular weight is 344 g/mol. The Morgan fingerprint density at radius 1 is 1.32 bits per heavy atom. The molecule has 0 aliphatic carbocycles. The third-order valence-corrected chi connectivity index (χ3v) is 4.59. The fraction of sp³-hybridized carbons (Fsp3) is 0.450. The molecule has 0 saturated heterocycles. The fourth-order valence-electron chi connectivity index (χ4n) is 3.47. The zero-order valence-electron chi connectivity index (χ0n) is 15.6. The van der Waals surface area contributed by atoms with E-state index in [1.165, 1.54) is 0 Å². The molecule has 0 aliphatic heterocycles. The molecule has 1 aromatic carbocycles. The van der Waals surface area contributed by atoms with E-state index in [1.807, 2.05) is 32.0 Å². The number of aliphatic hydroxyl groups excluding tert-OH is 1. The first-order valence-corrected chi connectivity index (χ1v) is 8.73. The van der Waals surface area contributed by atoms with Crippen molar-refractivity contribution in [1.82, 2.24) is 4.57 Å². The minimum Gasteiger partial charge on any atom is -0.496 e. The van der Waals surface area contributed by atoms with Crippen molar-refractivity contribution in [2.45, 2.75) is 46.6 Å². The standard InChI is InChI=1S/C20H28N2O3/c1-5-7-16-19(15-8-9-17(25-4)13(2)12-15)18(20(21)24)14(3)22(16)10-6-11-23/h8-9,12,23H,5-7,10-11H2,1-4H3,(H2,21,24). The average Bonchev–Trinajstić information content (AvgIpc) is 2.85. The highest BCUT2D eigenvalue weighted by atomic mass is 16.5. The molecule has 0 fully saturated rings. The van der Waals surface area contributed by atoms with Crippen molar-refractivity contribution in [3.63, 3.8) is 0 Å². The molecule has 1 aromatic heterocycles. The Labute approximate surface area is 149 Å². The van der Waals surface area contributed by atoms with Gasteiger partial charge >= 0.3 is 0 Å². The second-order valence-corrected chi connectivity index (χ2v) is 6.31. The Morgan fingerprint density at radius 2 is 2.04 bits per heavy atom. The van der Waals surface area contributed by atoms with Crippen LogP contribution in [0.4, 0.5) is 0 Å². The van der Waals surface area contributed by atoms with Crippen LogP contribution in [0.2, 0.25) is 0 Å². The molecule has 0 aliphatic rings. The van der Waals surface area contributed by atoms with Crippen molar-refractivity contribution in [2.24, 2.45) is 5.73 Å². The first-order chi connectivity index (χ1) is 12.0. The molecule has 0 saturated carbocycles. The maximum Gasteiger partial charge on any atom is 0.251 e. The van der Waals surface area contributed by atoms with Gasteiger partial charge < -0.3 is 20.1 Å². The first-order valence-electron chi connectivity index (χ1n) is 8.73. The highest BCUT2D eigenvalue weighted by Gasteiger charge is 2.24. The molecule has 3 N–H and O–H groups in total. The summed E-state index contributed by atoms with van der Waals surface area (Å²) in [5.41, 5.74) is 11.2.